The van der Waals surface area contributed by atoms with Gasteiger partial charge in [0.2, 0.25) is 0 Å². The van der Waals surface area contributed by atoms with E-state index in [4.69, 9.17) is 4.42 Å². The normalized spacial score (nSPS) is 14.5. The van der Waals surface area contributed by atoms with E-state index in [-0.39, 0.29) is 5.82 Å². The van der Waals surface area contributed by atoms with Crippen molar-refractivity contribution in [1.82, 2.24) is 9.88 Å². The molecule has 0 aliphatic heterocycles. The van der Waals surface area contributed by atoms with Crippen LogP contribution in [0.3, 0.4) is 0 Å². The fourth-order valence-corrected chi connectivity index (χ4v) is 3.46. The maximum absolute atomic E-state index is 13.0. The second-order valence-electron chi connectivity index (χ2n) is 5.88. The third-order valence-corrected chi connectivity index (χ3v) is 4.92. The molecule has 1 fully saturated rings. The van der Waals surface area contributed by atoms with E-state index in [0.717, 1.165) is 35.1 Å². The Kier molecular flexibility index (Phi) is 3.97. The van der Waals surface area contributed by atoms with Gasteiger partial charge in [-0.25, -0.2) is 9.37 Å². The van der Waals surface area contributed by atoms with Crippen LogP contribution >= 0.6 is 11.3 Å². The number of nitrogens with zero attached hydrogens (tertiary/aromatic N) is 2. The van der Waals surface area contributed by atoms with Gasteiger partial charge in [0.05, 0.1) is 12.0 Å². The summed E-state index contributed by atoms with van der Waals surface area (Å²) < 4.78 is 18.5. The van der Waals surface area contributed by atoms with E-state index in [1.165, 1.54) is 25.0 Å². The number of aromatic nitrogens is 1. The van der Waals surface area contributed by atoms with Gasteiger partial charge in [-0.2, -0.15) is 0 Å². The summed E-state index contributed by atoms with van der Waals surface area (Å²) in [6, 6.07) is 11.2. The first-order valence-corrected chi connectivity index (χ1v) is 8.63. The molecular weight excluding hydrogens is 311 g/mol. The Morgan fingerprint density at radius 3 is 2.70 bits per heavy atom. The van der Waals surface area contributed by atoms with Gasteiger partial charge >= 0.3 is 0 Å². The zero-order valence-electron chi connectivity index (χ0n) is 12.6. The van der Waals surface area contributed by atoms with E-state index in [9.17, 15) is 4.39 Å². The summed E-state index contributed by atoms with van der Waals surface area (Å²) in [7, 11) is 0. The second-order valence-corrected chi connectivity index (χ2v) is 6.74. The van der Waals surface area contributed by atoms with Crippen molar-refractivity contribution < 1.29 is 8.81 Å². The molecule has 4 rings (SSSR count). The Bertz CT molecular complexity index is 763. The van der Waals surface area contributed by atoms with Gasteiger partial charge in [0, 0.05) is 24.5 Å². The van der Waals surface area contributed by atoms with Crippen LogP contribution in [0.4, 0.5) is 4.39 Å². The van der Waals surface area contributed by atoms with Crippen molar-refractivity contribution in [3.8, 4) is 10.8 Å². The van der Waals surface area contributed by atoms with Crippen LogP contribution < -0.4 is 0 Å². The van der Waals surface area contributed by atoms with E-state index in [0.29, 0.717) is 6.04 Å². The SMILES string of the molecule is Fc1ccc(CN(Cc2csc(-c3ccco3)n2)C2CC2)cc1. The van der Waals surface area contributed by atoms with Crippen LogP contribution in [0.1, 0.15) is 24.1 Å². The highest BCUT2D eigenvalue weighted by molar-refractivity contribution is 7.13. The Morgan fingerprint density at radius 2 is 2.00 bits per heavy atom. The van der Waals surface area contributed by atoms with Crippen LogP contribution in [-0.4, -0.2) is 15.9 Å². The predicted octanol–water partition coefficient (Wildman–Crippen LogP) is 4.71. The monoisotopic (exact) mass is 328 g/mol. The van der Waals surface area contributed by atoms with Gasteiger partial charge in [-0.15, -0.1) is 11.3 Å². The predicted molar refractivity (Wildman–Crippen MR) is 88.5 cm³/mol. The minimum absolute atomic E-state index is 0.186. The van der Waals surface area contributed by atoms with Crippen LogP contribution in [0.25, 0.3) is 10.8 Å². The zero-order chi connectivity index (χ0) is 15.6. The zero-order valence-corrected chi connectivity index (χ0v) is 13.4. The van der Waals surface area contributed by atoms with Gasteiger partial charge in [0.1, 0.15) is 5.82 Å². The summed E-state index contributed by atoms with van der Waals surface area (Å²) in [6.45, 7) is 1.65. The lowest BCUT2D eigenvalue weighted by Crippen LogP contribution is -2.25. The largest absolute Gasteiger partial charge is 0.462 e. The Hall–Kier alpha value is -1.98. The van der Waals surface area contributed by atoms with Gasteiger partial charge in [-0.3, -0.25) is 4.90 Å². The van der Waals surface area contributed by atoms with Crippen molar-refractivity contribution in [3.05, 3.63) is 65.1 Å². The van der Waals surface area contributed by atoms with Gasteiger partial charge in [0.15, 0.2) is 10.8 Å². The third-order valence-electron chi connectivity index (χ3n) is 4.01. The first kappa shape index (κ1) is 14.6. The number of thiazole rings is 1. The van der Waals surface area contributed by atoms with Gasteiger partial charge in [0.25, 0.3) is 0 Å². The molecule has 0 radical (unpaired) electrons. The van der Waals surface area contributed by atoms with Crippen LogP contribution in [0.15, 0.2) is 52.5 Å². The summed E-state index contributed by atoms with van der Waals surface area (Å²) >= 11 is 1.61. The summed E-state index contributed by atoms with van der Waals surface area (Å²) in [5.74, 6) is 0.632. The summed E-state index contributed by atoms with van der Waals surface area (Å²) in [4.78, 5) is 7.11. The quantitative estimate of drug-likeness (QED) is 0.656. The maximum atomic E-state index is 13.0. The lowest BCUT2D eigenvalue weighted by Gasteiger charge is -2.21. The molecule has 3 aromatic rings. The molecule has 0 unspecified atom stereocenters. The van der Waals surface area contributed by atoms with Crippen LogP contribution in [0.2, 0.25) is 0 Å². The molecule has 23 heavy (non-hydrogen) atoms. The topological polar surface area (TPSA) is 29.3 Å². The number of hydrogen-bond donors (Lipinski definition) is 0. The lowest BCUT2D eigenvalue weighted by molar-refractivity contribution is 0.243. The fourth-order valence-electron chi connectivity index (χ4n) is 2.68. The minimum Gasteiger partial charge on any atom is -0.462 e. The third kappa shape index (κ3) is 3.51. The van der Waals surface area contributed by atoms with Crippen LogP contribution in [-0.2, 0) is 13.1 Å². The van der Waals surface area contributed by atoms with Gasteiger partial charge in [-0.1, -0.05) is 12.1 Å². The highest BCUT2D eigenvalue weighted by Crippen LogP contribution is 2.31. The number of furan rings is 1. The van der Waals surface area contributed by atoms with Crippen molar-refractivity contribution in [3.63, 3.8) is 0 Å². The lowest BCUT2D eigenvalue weighted by atomic mass is 10.2. The molecule has 1 aromatic carbocycles. The summed E-state index contributed by atoms with van der Waals surface area (Å²) in [6.07, 6.45) is 4.13. The number of benzene rings is 1. The van der Waals surface area contributed by atoms with Crippen molar-refractivity contribution in [1.29, 1.82) is 0 Å². The average Bonchev–Trinajstić information content (AvgIpc) is 3.07. The molecule has 5 heteroatoms. The van der Waals surface area contributed by atoms with Gasteiger partial charge in [-0.05, 0) is 42.7 Å². The molecule has 1 saturated carbocycles. The van der Waals surface area contributed by atoms with E-state index >= 15 is 0 Å². The standard InChI is InChI=1S/C18H17FN2OS/c19-14-5-3-13(4-6-14)10-21(16-7-8-16)11-15-12-23-18(20-15)17-2-1-9-22-17/h1-6,9,12,16H,7-8,10-11H2. The molecule has 1 aliphatic carbocycles. The molecule has 0 N–H and O–H groups in total. The molecule has 3 nitrogen and oxygen atoms in total. The molecule has 118 valence electrons. The number of hydrogen-bond acceptors (Lipinski definition) is 4. The second kappa shape index (κ2) is 6.26. The molecule has 0 amide bonds. The highest BCUT2D eigenvalue weighted by atomic mass is 32.1. The molecule has 2 aromatic heterocycles. The van der Waals surface area contributed by atoms with Crippen LogP contribution in [0.5, 0.6) is 0 Å². The molecule has 0 bridgehead atoms. The minimum atomic E-state index is -0.186. The summed E-state index contributed by atoms with van der Waals surface area (Å²) in [5.41, 5.74) is 2.20. The van der Waals surface area contributed by atoms with E-state index in [1.807, 2.05) is 24.3 Å². The van der Waals surface area contributed by atoms with Crippen molar-refractivity contribution in [2.75, 3.05) is 0 Å². The molecule has 0 spiro atoms. The molecule has 2 heterocycles. The Morgan fingerprint density at radius 1 is 1.17 bits per heavy atom. The van der Waals surface area contributed by atoms with E-state index < -0.39 is 0 Å². The number of halogens is 1. The summed E-state index contributed by atoms with van der Waals surface area (Å²) in [5, 5.41) is 3.01. The fraction of sp³-hybridized carbons (Fsp3) is 0.278. The Labute approximate surface area is 138 Å². The molecule has 0 atom stereocenters. The molecular formula is C18H17FN2OS. The van der Waals surface area contributed by atoms with Gasteiger partial charge < -0.3 is 4.42 Å². The van der Waals surface area contributed by atoms with Crippen molar-refractivity contribution in [2.45, 2.75) is 32.0 Å². The van der Waals surface area contributed by atoms with Crippen molar-refractivity contribution in [2.24, 2.45) is 0 Å². The average molecular weight is 328 g/mol. The molecule has 0 saturated heterocycles. The first-order chi connectivity index (χ1) is 11.3. The van der Waals surface area contributed by atoms with Crippen molar-refractivity contribution >= 4 is 11.3 Å². The van der Waals surface area contributed by atoms with E-state index in [1.54, 1.807) is 17.6 Å². The highest BCUT2D eigenvalue weighted by Gasteiger charge is 2.29. The van der Waals surface area contributed by atoms with Crippen LogP contribution in [0, 0.1) is 5.82 Å². The smallest absolute Gasteiger partial charge is 0.162 e. The first-order valence-electron chi connectivity index (χ1n) is 7.75. The maximum Gasteiger partial charge on any atom is 0.162 e. The molecule has 1 aliphatic rings. The Balaban J connectivity index is 1.47. The van der Waals surface area contributed by atoms with E-state index in [2.05, 4.69) is 15.3 Å². The number of rotatable bonds is 6.